The molecule has 17 heavy (non-hydrogen) atoms. The number of halogens is 1. The zero-order valence-electron chi connectivity index (χ0n) is 9.95. The number of likely N-dealkylation sites (N-methyl/N-ethyl adjacent to an activating group) is 1. The van der Waals surface area contributed by atoms with E-state index in [0.29, 0.717) is 5.56 Å². The Balaban J connectivity index is 1.97. The summed E-state index contributed by atoms with van der Waals surface area (Å²) >= 11 is 3.38. The second-order valence-corrected chi connectivity index (χ2v) is 5.50. The van der Waals surface area contributed by atoms with E-state index in [9.17, 15) is 4.79 Å². The zero-order chi connectivity index (χ0) is 12.3. The minimum Gasteiger partial charge on any atom is -0.348 e. The van der Waals surface area contributed by atoms with Gasteiger partial charge in [0.25, 0.3) is 5.91 Å². The van der Waals surface area contributed by atoms with Gasteiger partial charge in [-0.05, 0) is 44.6 Å². The first-order valence-electron chi connectivity index (χ1n) is 5.90. The molecule has 0 aromatic heterocycles. The van der Waals surface area contributed by atoms with Gasteiger partial charge in [0.05, 0.1) is 0 Å². The Morgan fingerprint density at radius 3 is 3.06 bits per heavy atom. The van der Waals surface area contributed by atoms with E-state index < -0.39 is 0 Å². The Labute approximate surface area is 110 Å². The van der Waals surface area contributed by atoms with Gasteiger partial charge in [-0.3, -0.25) is 4.79 Å². The van der Waals surface area contributed by atoms with Crippen LogP contribution in [0.25, 0.3) is 0 Å². The summed E-state index contributed by atoms with van der Waals surface area (Å²) < 4.78 is 0.936. The molecule has 1 amide bonds. The minimum atomic E-state index is 0.0200. The Bertz CT molecular complexity index is 408. The van der Waals surface area contributed by atoms with Crippen molar-refractivity contribution < 1.29 is 4.79 Å². The lowest BCUT2D eigenvalue weighted by molar-refractivity contribution is 0.0912. The summed E-state index contributed by atoms with van der Waals surface area (Å²) in [5.41, 5.74) is 0.715. The van der Waals surface area contributed by atoms with Crippen molar-refractivity contribution in [1.29, 1.82) is 0 Å². The Morgan fingerprint density at radius 2 is 2.35 bits per heavy atom. The summed E-state index contributed by atoms with van der Waals surface area (Å²) in [7, 11) is 2.09. The van der Waals surface area contributed by atoms with Crippen LogP contribution in [0.5, 0.6) is 0 Å². The van der Waals surface area contributed by atoms with Crippen LogP contribution in [0.1, 0.15) is 23.2 Å². The number of piperidine rings is 1. The van der Waals surface area contributed by atoms with Crippen LogP contribution < -0.4 is 5.32 Å². The van der Waals surface area contributed by atoms with E-state index >= 15 is 0 Å². The highest BCUT2D eigenvalue weighted by molar-refractivity contribution is 9.10. The predicted molar refractivity (Wildman–Crippen MR) is 72.1 cm³/mol. The van der Waals surface area contributed by atoms with Crippen molar-refractivity contribution in [3.63, 3.8) is 0 Å². The smallest absolute Gasteiger partial charge is 0.251 e. The predicted octanol–water partition coefficient (Wildman–Crippen LogP) is 2.27. The average Bonchev–Trinajstić information content (AvgIpc) is 2.29. The van der Waals surface area contributed by atoms with Gasteiger partial charge in [-0.15, -0.1) is 0 Å². The molecule has 1 unspecified atom stereocenters. The maximum atomic E-state index is 12.0. The molecule has 4 heteroatoms. The van der Waals surface area contributed by atoms with Crippen LogP contribution in [0.2, 0.25) is 0 Å². The van der Waals surface area contributed by atoms with Gasteiger partial charge >= 0.3 is 0 Å². The number of nitrogens with zero attached hydrogens (tertiary/aromatic N) is 1. The first kappa shape index (κ1) is 12.6. The number of carbonyl (C=O) groups is 1. The van der Waals surface area contributed by atoms with Crippen LogP contribution in [-0.2, 0) is 0 Å². The summed E-state index contributed by atoms with van der Waals surface area (Å²) in [5, 5.41) is 3.09. The molecule has 1 aliphatic rings. The van der Waals surface area contributed by atoms with Crippen molar-refractivity contribution in [2.24, 2.45) is 0 Å². The van der Waals surface area contributed by atoms with Crippen LogP contribution in [0.15, 0.2) is 28.7 Å². The molecule has 0 aliphatic carbocycles. The lowest BCUT2D eigenvalue weighted by atomic mass is 10.1. The minimum absolute atomic E-state index is 0.0200. The topological polar surface area (TPSA) is 32.3 Å². The normalized spacial score (nSPS) is 21.2. The van der Waals surface area contributed by atoms with E-state index in [0.717, 1.165) is 30.4 Å². The largest absolute Gasteiger partial charge is 0.348 e. The molecule has 0 bridgehead atoms. The highest BCUT2D eigenvalue weighted by Gasteiger charge is 2.19. The van der Waals surface area contributed by atoms with E-state index in [-0.39, 0.29) is 11.9 Å². The van der Waals surface area contributed by atoms with Crippen molar-refractivity contribution >= 4 is 21.8 Å². The van der Waals surface area contributed by atoms with Crippen molar-refractivity contribution in [2.75, 3.05) is 20.1 Å². The molecule has 1 fully saturated rings. The number of carbonyl (C=O) groups excluding carboxylic acids is 1. The fraction of sp³-hybridized carbons (Fsp3) is 0.462. The fourth-order valence-electron chi connectivity index (χ4n) is 2.18. The van der Waals surface area contributed by atoms with Gasteiger partial charge in [-0.1, -0.05) is 22.0 Å². The maximum absolute atomic E-state index is 12.0. The van der Waals surface area contributed by atoms with Crippen molar-refractivity contribution in [1.82, 2.24) is 10.2 Å². The number of rotatable bonds is 2. The average molecular weight is 297 g/mol. The molecule has 2 rings (SSSR count). The molecule has 1 aromatic carbocycles. The van der Waals surface area contributed by atoms with Gasteiger partial charge in [0.2, 0.25) is 0 Å². The van der Waals surface area contributed by atoms with Gasteiger partial charge in [0, 0.05) is 22.6 Å². The third-order valence-electron chi connectivity index (χ3n) is 3.05. The molecular weight excluding hydrogens is 280 g/mol. The quantitative estimate of drug-likeness (QED) is 0.908. The number of hydrogen-bond acceptors (Lipinski definition) is 2. The van der Waals surface area contributed by atoms with Crippen molar-refractivity contribution in [2.45, 2.75) is 18.9 Å². The Hall–Kier alpha value is -0.870. The van der Waals surface area contributed by atoms with E-state index in [1.165, 1.54) is 0 Å². The molecule has 0 radical (unpaired) electrons. The molecule has 1 saturated heterocycles. The molecule has 1 atom stereocenters. The lowest BCUT2D eigenvalue weighted by Gasteiger charge is -2.30. The summed E-state index contributed by atoms with van der Waals surface area (Å²) in [6, 6.07) is 7.77. The van der Waals surface area contributed by atoms with E-state index in [4.69, 9.17) is 0 Å². The molecule has 1 aliphatic heterocycles. The highest BCUT2D eigenvalue weighted by Crippen LogP contribution is 2.13. The second-order valence-electron chi connectivity index (χ2n) is 4.59. The summed E-state index contributed by atoms with van der Waals surface area (Å²) in [4.78, 5) is 14.3. The number of likely N-dealkylation sites (tertiary alicyclic amines) is 1. The first-order chi connectivity index (χ1) is 8.15. The van der Waals surface area contributed by atoms with E-state index in [1.54, 1.807) is 0 Å². The number of hydrogen-bond donors (Lipinski definition) is 1. The van der Waals surface area contributed by atoms with Crippen LogP contribution in [0, 0.1) is 0 Å². The Morgan fingerprint density at radius 1 is 1.53 bits per heavy atom. The molecule has 1 aromatic rings. The summed E-state index contributed by atoms with van der Waals surface area (Å²) in [5.74, 6) is 0.0200. The van der Waals surface area contributed by atoms with Crippen molar-refractivity contribution in [3.05, 3.63) is 34.3 Å². The lowest BCUT2D eigenvalue weighted by Crippen LogP contribution is -2.46. The molecule has 1 heterocycles. The molecular formula is C13H17BrN2O. The van der Waals surface area contributed by atoms with Crippen LogP contribution in [0.3, 0.4) is 0 Å². The summed E-state index contributed by atoms with van der Waals surface area (Å²) in [6.07, 6.45) is 2.23. The SMILES string of the molecule is CN1CCCC(NC(=O)c2cccc(Br)c2)C1. The third-order valence-corrected chi connectivity index (χ3v) is 3.54. The number of nitrogens with one attached hydrogen (secondary N) is 1. The number of benzene rings is 1. The summed E-state index contributed by atoms with van der Waals surface area (Å²) in [6.45, 7) is 2.07. The third kappa shape index (κ3) is 3.54. The molecule has 0 saturated carbocycles. The van der Waals surface area contributed by atoms with Gasteiger partial charge in [0.1, 0.15) is 0 Å². The fourth-order valence-corrected chi connectivity index (χ4v) is 2.58. The first-order valence-corrected chi connectivity index (χ1v) is 6.69. The van der Waals surface area contributed by atoms with Gasteiger partial charge in [-0.25, -0.2) is 0 Å². The standard InChI is InChI=1S/C13H17BrN2O/c1-16-7-3-6-12(9-16)15-13(17)10-4-2-5-11(14)8-10/h2,4-5,8,12H,3,6-7,9H2,1H3,(H,15,17). The van der Waals surface area contributed by atoms with Crippen molar-refractivity contribution in [3.8, 4) is 0 Å². The highest BCUT2D eigenvalue weighted by atomic mass is 79.9. The van der Waals surface area contributed by atoms with E-state index in [1.807, 2.05) is 24.3 Å². The van der Waals surface area contributed by atoms with E-state index in [2.05, 4.69) is 33.2 Å². The second kappa shape index (κ2) is 5.65. The molecule has 1 N–H and O–H groups in total. The van der Waals surface area contributed by atoms with Crippen LogP contribution in [-0.4, -0.2) is 37.0 Å². The maximum Gasteiger partial charge on any atom is 0.251 e. The molecule has 92 valence electrons. The van der Waals surface area contributed by atoms with Gasteiger partial charge in [-0.2, -0.15) is 0 Å². The Kier molecular flexibility index (Phi) is 4.18. The van der Waals surface area contributed by atoms with Gasteiger partial charge in [0.15, 0.2) is 0 Å². The monoisotopic (exact) mass is 296 g/mol. The molecule has 3 nitrogen and oxygen atoms in total. The van der Waals surface area contributed by atoms with Crippen LogP contribution >= 0.6 is 15.9 Å². The number of amides is 1. The zero-order valence-corrected chi connectivity index (χ0v) is 11.5. The van der Waals surface area contributed by atoms with Crippen LogP contribution in [0.4, 0.5) is 0 Å². The molecule has 0 spiro atoms. The van der Waals surface area contributed by atoms with Gasteiger partial charge < -0.3 is 10.2 Å².